The van der Waals surface area contributed by atoms with Crippen molar-refractivity contribution in [3.63, 3.8) is 0 Å². The lowest BCUT2D eigenvalue weighted by Crippen LogP contribution is -2.22. The summed E-state index contributed by atoms with van der Waals surface area (Å²) in [7, 11) is 0.360. The van der Waals surface area contributed by atoms with Crippen molar-refractivity contribution in [2.45, 2.75) is 11.8 Å². The Balaban J connectivity index is 1.79. The van der Waals surface area contributed by atoms with Crippen molar-refractivity contribution in [1.82, 2.24) is 18.8 Å². The van der Waals surface area contributed by atoms with Gasteiger partial charge in [-0.1, -0.05) is 11.6 Å². The van der Waals surface area contributed by atoms with Crippen molar-refractivity contribution in [2.75, 3.05) is 21.3 Å². The topological polar surface area (TPSA) is 127 Å². The van der Waals surface area contributed by atoms with Gasteiger partial charge in [0.1, 0.15) is 11.2 Å². The molecule has 4 aromatic rings. The van der Waals surface area contributed by atoms with Gasteiger partial charge < -0.3 is 14.2 Å². The molecular formula is C22H20ClN5O6S. The number of ether oxygens (including phenoxy) is 3. The molecule has 2 aromatic carbocycles. The third kappa shape index (κ3) is 4.33. The predicted octanol–water partition coefficient (Wildman–Crippen LogP) is 2.70. The number of aromatic nitrogens is 4. The summed E-state index contributed by atoms with van der Waals surface area (Å²) in [4.78, 5) is 17.4. The van der Waals surface area contributed by atoms with Crippen LogP contribution in [0.5, 0.6) is 17.2 Å². The quantitative estimate of drug-likeness (QED) is 0.342. The molecule has 0 spiro atoms. The van der Waals surface area contributed by atoms with Gasteiger partial charge in [-0.05, 0) is 43.3 Å². The SMILES string of the molecule is COc1cc(/C=N/n2c(C)nc3c(cnn3S(=O)(=O)c3ccc(Cl)cc3)c2=O)cc(OC)c1OC. The third-order valence-corrected chi connectivity index (χ3v) is 6.90. The molecule has 11 nitrogen and oxygen atoms in total. The Kier molecular flexibility index (Phi) is 6.50. The van der Waals surface area contributed by atoms with Gasteiger partial charge in [0.05, 0.1) is 38.6 Å². The molecule has 35 heavy (non-hydrogen) atoms. The number of aryl methyl sites for hydroxylation is 1. The summed E-state index contributed by atoms with van der Waals surface area (Å²) < 4.78 is 43.8. The molecular weight excluding hydrogens is 498 g/mol. The highest BCUT2D eigenvalue weighted by molar-refractivity contribution is 7.90. The van der Waals surface area contributed by atoms with E-state index in [0.717, 1.165) is 10.9 Å². The molecule has 0 amide bonds. The average Bonchev–Trinajstić information content (AvgIpc) is 3.28. The maximum atomic E-state index is 13.1. The Bertz CT molecular complexity index is 1590. The van der Waals surface area contributed by atoms with Crippen molar-refractivity contribution in [1.29, 1.82) is 0 Å². The number of fused-ring (bicyclic) bond motifs is 1. The van der Waals surface area contributed by atoms with Crippen molar-refractivity contribution in [3.8, 4) is 17.2 Å². The summed E-state index contributed by atoms with van der Waals surface area (Å²) in [6, 6.07) is 8.91. The lowest BCUT2D eigenvalue weighted by molar-refractivity contribution is 0.324. The van der Waals surface area contributed by atoms with Crippen LogP contribution in [0.3, 0.4) is 0 Å². The first kappa shape index (κ1) is 24.2. The second-order valence-corrected chi connectivity index (χ2v) is 9.37. The molecule has 0 aliphatic heterocycles. The molecule has 0 atom stereocenters. The first-order chi connectivity index (χ1) is 16.7. The number of hydrogen-bond acceptors (Lipinski definition) is 9. The molecule has 2 aromatic heterocycles. The molecule has 0 fully saturated rings. The lowest BCUT2D eigenvalue weighted by atomic mass is 10.2. The van der Waals surface area contributed by atoms with Crippen molar-refractivity contribution in [2.24, 2.45) is 5.10 Å². The molecule has 0 N–H and O–H groups in total. The molecule has 0 bridgehead atoms. The van der Waals surface area contributed by atoms with Crippen LogP contribution in [0, 0.1) is 6.92 Å². The average molecular weight is 518 g/mol. The number of nitrogens with zero attached hydrogens (tertiary/aromatic N) is 5. The number of halogens is 1. The van der Waals surface area contributed by atoms with E-state index in [9.17, 15) is 13.2 Å². The van der Waals surface area contributed by atoms with Crippen molar-refractivity contribution in [3.05, 3.63) is 69.4 Å². The van der Waals surface area contributed by atoms with Crippen LogP contribution >= 0.6 is 11.6 Å². The summed E-state index contributed by atoms with van der Waals surface area (Å²) in [5.41, 5.74) is -0.137. The standard InChI is InChI=1S/C22H20ClN5O6S/c1-13-26-21-17(12-25-28(21)35(30,31)16-7-5-15(23)6-8-16)22(29)27(13)24-11-14-9-18(32-2)20(34-4)19(10-14)33-3/h5-12H,1-4H3/b24-11+. The van der Waals surface area contributed by atoms with Crippen LogP contribution in [0.2, 0.25) is 5.02 Å². The lowest BCUT2D eigenvalue weighted by Gasteiger charge is -2.12. The van der Waals surface area contributed by atoms with Gasteiger partial charge in [-0.15, -0.1) is 4.09 Å². The fourth-order valence-corrected chi connectivity index (χ4v) is 4.70. The smallest absolute Gasteiger partial charge is 0.285 e. The minimum Gasteiger partial charge on any atom is -0.493 e. The van der Waals surface area contributed by atoms with Crippen molar-refractivity contribution < 1.29 is 22.6 Å². The summed E-state index contributed by atoms with van der Waals surface area (Å²) in [5.74, 6) is 1.40. The molecule has 182 valence electrons. The zero-order chi connectivity index (χ0) is 25.3. The zero-order valence-corrected chi connectivity index (χ0v) is 20.7. The fraction of sp³-hybridized carbons (Fsp3) is 0.182. The Morgan fingerprint density at radius 1 is 1.03 bits per heavy atom. The maximum absolute atomic E-state index is 13.1. The van der Waals surface area contributed by atoms with E-state index in [1.54, 1.807) is 12.1 Å². The molecule has 0 radical (unpaired) electrons. The second-order valence-electron chi connectivity index (χ2n) is 7.16. The van der Waals surface area contributed by atoms with Gasteiger partial charge in [0.2, 0.25) is 5.75 Å². The normalized spacial score (nSPS) is 11.8. The van der Waals surface area contributed by atoms with Gasteiger partial charge in [-0.3, -0.25) is 4.79 Å². The van der Waals surface area contributed by atoms with Crippen LogP contribution in [0.4, 0.5) is 0 Å². The van der Waals surface area contributed by atoms with Gasteiger partial charge in [0.25, 0.3) is 15.6 Å². The first-order valence-electron chi connectivity index (χ1n) is 10.0. The van der Waals surface area contributed by atoms with Gasteiger partial charge in [-0.25, -0.2) is 4.98 Å². The summed E-state index contributed by atoms with van der Waals surface area (Å²) >= 11 is 5.86. The highest BCUT2D eigenvalue weighted by Gasteiger charge is 2.23. The molecule has 0 aliphatic rings. The Labute approximate surface area is 205 Å². The summed E-state index contributed by atoms with van der Waals surface area (Å²) in [6.45, 7) is 1.53. The molecule has 0 saturated carbocycles. The van der Waals surface area contributed by atoms with Crippen LogP contribution in [-0.2, 0) is 10.0 Å². The van der Waals surface area contributed by atoms with E-state index in [4.69, 9.17) is 25.8 Å². The highest BCUT2D eigenvalue weighted by atomic mass is 35.5. The number of methoxy groups -OCH3 is 3. The fourth-order valence-electron chi connectivity index (χ4n) is 3.36. The van der Waals surface area contributed by atoms with Gasteiger partial charge >= 0.3 is 0 Å². The van der Waals surface area contributed by atoms with Crippen LogP contribution in [0.15, 0.2) is 57.4 Å². The summed E-state index contributed by atoms with van der Waals surface area (Å²) in [6.07, 6.45) is 2.56. The van der Waals surface area contributed by atoms with Crippen LogP contribution in [-0.4, -0.2) is 54.8 Å². The minimum atomic E-state index is -4.10. The van der Waals surface area contributed by atoms with Crippen LogP contribution in [0.25, 0.3) is 11.0 Å². The number of benzene rings is 2. The Morgan fingerprint density at radius 3 is 2.23 bits per heavy atom. The zero-order valence-electron chi connectivity index (χ0n) is 19.1. The molecule has 0 unspecified atom stereocenters. The molecule has 0 aliphatic carbocycles. The second kappa shape index (κ2) is 9.39. The van der Waals surface area contributed by atoms with E-state index in [1.165, 1.54) is 58.7 Å². The van der Waals surface area contributed by atoms with E-state index in [1.807, 2.05) is 0 Å². The Morgan fingerprint density at radius 2 is 1.66 bits per heavy atom. The van der Waals surface area contributed by atoms with E-state index in [0.29, 0.717) is 31.9 Å². The van der Waals surface area contributed by atoms with Crippen LogP contribution < -0.4 is 19.8 Å². The largest absolute Gasteiger partial charge is 0.493 e. The molecule has 2 heterocycles. The minimum absolute atomic E-state index is 0.0184. The number of rotatable bonds is 7. The molecule has 0 saturated heterocycles. The monoisotopic (exact) mass is 517 g/mol. The Hall–Kier alpha value is -3.90. The first-order valence-corrected chi connectivity index (χ1v) is 11.9. The van der Waals surface area contributed by atoms with Gasteiger partial charge in [0.15, 0.2) is 17.1 Å². The van der Waals surface area contributed by atoms with E-state index in [-0.39, 0.29) is 21.8 Å². The van der Waals surface area contributed by atoms with E-state index < -0.39 is 15.6 Å². The van der Waals surface area contributed by atoms with Crippen molar-refractivity contribution >= 4 is 38.9 Å². The third-order valence-electron chi connectivity index (χ3n) is 5.06. The predicted molar refractivity (Wildman–Crippen MR) is 130 cm³/mol. The maximum Gasteiger partial charge on any atom is 0.285 e. The number of hydrogen-bond donors (Lipinski definition) is 0. The van der Waals surface area contributed by atoms with E-state index >= 15 is 0 Å². The van der Waals surface area contributed by atoms with Gasteiger partial charge in [0, 0.05) is 10.6 Å². The molecule has 13 heteroatoms. The van der Waals surface area contributed by atoms with Gasteiger partial charge in [-0.2, -0.15) is 23.3 Å². The van der Waals surface area contributed by atoms with Crippen LogP contribution in [0.1, 0.15) is 11.4 Å². The molecule has 4 rings (SSSR count). The highest BCUT2D eigenvalue weighted by Crippen LogP contribution is 2.37. The summed E-state index contributed by atoms with van der Waals surface area (Å²) in [5, 5.41) is 8.51. The van der Waals surface area contributed by atoms with E-state index in [2.05, 4.69) is 15.2 Å².